The van der Waals surface area contributed by atoms with Crippen LogP contribution in [-0.4, -0.2) is 31.5 Å². The number of anilines is 2. The van der Waals surface area contributed by atoms with Crippen LogP contribution in [-0.2, 0) is 19.1 Å². The minimum absolute atomic E-state index is 0.0306. The molecule has 0 aliphatic carbocycles. The fourth-order valence-electron chi connectivity index (χ4n) is 3.38. The van der Waals surface area contributed by atoms with Crippen LogP contribution in [0.5, 0.6) is 17.2 Å². The molecule has 3 aromatic carbocycles. The summed E-state index contributed by atoms with van der Waals surface area (Å²) in [7, 11) is 1.57. The van der Waals surface area contributed by atoms with Crippen LogP contribution in [0.25, 0.3) is 0 Å². The molecule has 0 fully saturated rings. The summed E-state index contributed by atoms with van der Waals surface area (Å²) in [6, 6.07) is 17.9. The highest BCUT2D eigenvalue weighted by atomic mass is 79.9. The highest BCUT2D eigenvalue weighted by Crippen LogP contribution is 2.31. The van der Waals surface area contributed by atoms with Crippen LogP contribution in [0.15, 0.2) is 65.1 Å². The molecular formula is C28H29BrN2O6. The maximum atomic E-state index is 12.2. The Balaban J connectivity index is 1.36. The van der Waals surface area contributed by atoms with Gasteiger partial charge in [-0.25, -0.2) is 0 Å². The first-order valence-corrected chi connectivity index (χ1v) is 12.5. The normalized spacial score (nSPS) is 10.4. The van der Waals surface area contributed by atoms with E-state index in [0.717, 1.165) is 15.6 Å². The molecular weight excluding hydrogens is 540 g/mol. The molecule has 0 radical (unpaired) electrons. The lowest BCUT2D eigenvalue weighted by molar-refractivity contribution is -0.147. The van der Waals surface area contributed by atoms with Crippen molar-refractivity contribution >= 4 is 45.1 Å². The third-order valence-electron chi connectivity index (χ3n) is 5.58. The number of ether oxygens (including phenoxy) is 3. The molecule has 37 heavy (non-hydrogen) atoms. The number of carbonyl (C=O) groups excluding carboxylic acids is 3. The molecule has 2 amide bonds. The maximum absolute atomic E-state index is 12.2. The van der Waals surface area contributed by atoms with Gasteiger partial charge in [-0.15, -0.1) is 0 Å². The van der Waals surface area contributed by atoms with Gasteiger partial charge in [0.2, 0.25) is 5.91 Å². The number of esters is 1. The first-order valence-electron chi connectivity index (χ1n) is 11.7. The Morgan fingerprint density at radius 3 is 2.22 bits per heavy atom. The smallest absolute Gasteiger partial charge is 0.306 e. The van der Waals surface area contributed by atoms with E-state index in [-0.39, 0.29) is 25.4 Å². The lowest BCUT2D eigenvalue weighted by Crippen LogP contribution is -2.21. The van der Waals surface area contributed by atoms with Gasteiger partial charge in [-0.2, -0.15) is 0 Å². The quantitative estimate of drug-likeness (QED) is 0.268. The third kappa shape index (κ3) is 8.35. The van der Waals surface area contributed by atoms with Crippen LogP contribution >= 0.6 is 15.9 Å². The van der Waals surface area contributed by atoms with Crippen molar-refractivity contribution in [3.63, 3.8) is 0 Å². The van der Waals surface area contributed by atoms with Crippen molar-refractivity contribution in [2.45, 2.75) is 33.1 Å². The Morgan fingerprint density at radius 2 is 1.51 bits per heavy atom. The van der Waals surface area contributed by atoms with Crippen LogP contribution in [0, 0.1) is 13.8 Å². The monoisotopic (exact) mass is 568 g/mol. The summed E-state index contributed by atoms with van der Waals surface area (Å²) in [5, 5.41) is 5.52. The van der Waals surface area contributed by atoms with E-state index in [0.29, 0.717) is 35.0 Å². The van der Waals surface area contributed by atoms with Crippen molar-refractivity contribution < 1.29 is 28.6 Å². The number of methoxy groups -OCH3 is 1. The highest BCUT2D eigenvalue weighted by molar-refractivity contribution is 9.10. The second kappa shape index (κ2) is 13.5. The Labute approximate surface area is 224 Å². The average Bonchev–Trinajstić information content (AvgIpc) is 2.89. The predicted molar refractivity (Wildman–Crippen MR) is 145 cm³/mol. The van der Waals surface area contributed by atoms with Gasteiger partial charge >= 0.3 is 5.97 Å². The Bertz CT molecular complexity index is 1260. The first kappa shape index (κ1) is 27.7. The fraction of sp³-hybridized carbons (Fsp3) is 0.250. The van der Waals surface area contributed by atoms with Gasteiger partial charge in [0.05, 0.1) is 7.11 Å². The minimum atomic E-state index is -0.537. The van der Waals surface area contributed by atoms with Gasteiger partial charge in [0.25, 0.3) is 5.91 Å². The summed E-state index contributed by atoms with van der Waals surface area (Å²) in [6.07, 6.45) is 0.466. The van der Waals surface area contributed by atoms with Crippen molar-refractivity contribution in [2.75, 3.05) is 24.4 Å². The first-order chi connectivity index (χ1) is 17.8. The van der Waals surface area contributed by atoms with Gasteiger partial charge in [0.15, 0.2) is 18.1 Å². The van der Waals surface area contributed by atoms with Gasteiger partial charge in [-0.3, -0.25) is 14.4 Å². The van der Waals surface area contributed by atoms with E-state index in [1.165, 1.54) is 0 Å². The molecule has 0 atom stereocenters. The second-order valence-electron chi connectivity index (χ2n) is 8.23. The van der Waals surface area contributed by atoms with E-state index < -0.39 is 11.9 Å². The molecule has 2 N–H and O–H groups in total. The Morgan fingerprint density at radius 1 is 0.811 bits per heavy atom. The zero-order chi connectivity index (χ0) is 26.8. The van der Waals surface area contributed by atoms with E-state index in [9.17, 15) is 14.4 Å². The molecule has 0 aliphatic rings. The van der Waals surface area contributed by atoms with Crippen LogP contribution < -0.4 is 20.1 Å². The number of amides is 2. The molecule has 0 spiro atoms. The predicted octanol–water partition coefficient (Wildman–Crippen LogP) is 6.16. The number of benzene rings is 3. The van der Waals surface area contributed by atoms with Gasteiger partial charge in [-0.05, 0) is 79.9 Å². The number of nitrogens with one attached hydrogen (secondary N) is 2. The van der Waals surface area contributed by atoms with Crippen LogP contribution in [0.2, 0.25) is 0 Å². The van der Waals surface area contributed by atoms with E-state index in [1.54, 1.807) is 49.6 Å². The number of para-hydroxylation sites is 2. The molecule has 0 unspecified atom stereocenters. The summed E-state index contributed by atoms with van der Waals surface area (Å²) >= 11 is 3.45. The topological polar surface area (TPSA) is 103 Å². The summed E-state index contributed by atoms with van der Waals surface area (Å²) in [4.78, 5) is 36.3. The van der Waals surface area contributed by atoms with Gasteiger partial charge < -0.3 is 24.8 Å². The standard InChI is InChI=1S/C28H29BrN2O6/c1-18-19(2)23(16-15-22(18)29)31-27(33)17-36-28(34)10-6-9-26(32)30-20-11-13-21(14-12-20)37-25-8-5-4-7-24(25)35-3/h4-5,7-8,11-16H,6,9-10,17H2,1-3H3,(H,30,32)(H,31,33). The molecule has 9 heteroatoms. The second-order valence-corrected chi connectivity index (χ2v) is 9.09. The highest BCUT2D eigenvalue weighted by Gasteiger charge is 2.12. The molecule has 0 saturated carbocycles. The van der Waals surface area contributed by atoms with Crippen LogP contribution in [0.1, 0.15) is 30.4 Å². The van der Waals surface area contributed by atoms with Crippen molar-refractivity contribution in [3.8, 4) is 17.2 Å². The fourth-order valence-corrected chi connectivity index (χ4v) is 3.81. The molecule has 0 heterocycles. The van der Waals surface area contributed by atoms with Gasteiger partial charge in [0.1, 0.15) is 5.75 Å². The lowest BCUT2D eigenvalue weighted by atomic mass is 10.1. The van der Waals surface area contributed by atoms with Crippen molar-refractivity contribution in [3.05, 3.63) is 76.3 Å². The molecule has 0 saturated heterocycles. The summed E-state index contributed by atoms with van der Waals surface area (Å²) < 4.78 is 17.1. The molecule has 0 aliphatic heterocycles. The average molecular weight is 569 g/mol. The van der Waals surface area contributed by atoms with E-state index in [1.807, 2.05) is 32.0 Å². The molecule has 0 aromatic heterocycles. The van der Waals surface area contributed by atoms with E-state index >= 15 is 0 Å². The van der Waals surface area contributed by atoms with E-state index in [4.69, 9.17) is 14.2 Å². The van der Waals surface area contributed by atoms with Crippen LogP contribution in [0.4, 0.5) is 11.4 Å². The van der Waals surface area contributed by atoms with Gasteiger partial charge in [-0.1, -0.05) is 28.1 Å². The molecule has 3 rings (SSSR count). The van der Waals surface area contributed by atoms with E-state index in [2.05, 4.69) is 26.6 Å². The van der Waals surface area contributed by atoms with Crippen molar-refractivity contribution in [1.82, 2.24) is 0 Å². The molecule has 3 aromatic rings. The largest absolute Gasteiger partial charge is 0.493 e. The third-order valence-corrected chi connectivity index (χ3v) is 6.44. The molecule has 0 bridgehead atoms. The number of rotatable bonds is 11. The minimum Gasteiger partial charge on any atom is -0.493 e. The van der Waals surface area contributed by atoms with Crippen molar-refractivity contribution in [2.24, 2.45) is 0 Å². The molecule has 194 valence electrons. The molecule has 8 nitrogen and oxygen atoms in total. The zero-order valence-corrected chi connectivity index (χ0v) is 22.5. The zero-order valence-electron chi connectivity index (χ0n) is 20.9. The number of hydrogen-bond acceptors (Lipinski definition) is 6. The summed E-state index contributed by atoms with van der Waals surface area (Å²) in [5.74, 6) is 0.613. The summed E-state index contributed by atoms with van der Waals surface area (Å²) in [6.45, 7) is 3.46. The van der Waals surface area contributed by atoms with Gasteiger partial charge in [0, 0.05) is 28.7 Å². The Hall–Kier alpha value is -3.85. The Kier molecular flexibility index (Phi) is 10.1. The number of carbonyl (C=O) groups is 3. The lowest BCUT2D eigenvalue weighted by Gasteiger charge is -2.12. The van der Waals surface area contributed by atoms with Crippen molar-refractivity contribution in [1.29, 1.82) is 0 Å². The SMILES string of the molecule is COc1ccccc1Oc1ccc(NC(=O)CCCC(=O)OCC(=O)Nc2ccc(Br)c(C)c2C)cc1. The number of hydrogen-bond donors (Lipinski definition) is 2. The number of halogens is 1. The maximum Gasteiger partial charge on any atom is 0.306 e. The van der Waals surface area contributed by atoms with Crippen LogP contribution in [0.3, 0.4) is 0 Å². The summed E-state index contributed by atoms with van der Waals surface area (Å²) in [5.41, 5.74) is 3.22.